The summed E-state index contributed by atoms with van der Waals surface area (Å²) in [7, 11) is -3.45. The van der Waals surface area contributed by atoms with Crippen molar-refractivity contribution < 1.29 is 8.42 Å². The monoisotopic (exact) mass is 214 g/mol. The Morgan fingerprint density at radius 1 is 1.29 bits per heavy atom. The van der Waals surface area contributed by atoms with E-state index < -0.39 is 16.2 Å². The number of nitrogens with two attached hydrogens (primary N) is 1. The molecule has 0 heterocycles. The van der Waals surface area contributed by atoms with Crippen LogP contribution in [0.5, 0.6) is 0 Å². The molecule has 3 N–H and O–H groups in total. The molecule has 0 aliphatic rings. The zero-order valence-electron chi connectivity index (χ0n) is 8.19. The summed E-state index contributed by atoms with van der Waals surface area (Å²) in [5.41, 5.74) is 6.37. The molecule has 0 aromatic heterocycles. The molecular weight excluding hydrogens is 200 g/mol. The third-order valence-corrected chi connectivity index (χ3v) is 3.25. The van der Waals surface area contributed by atoms with Crippen molar-refractivity contribution in [1.82, 2.24) is 4.72 Å². The maximum atomic E-state index is 11.6. The van der Waals surface area contributed by atoms with E-state index >= 15 is 0 Å². The van der Waals surface area contributed by atoms with Gasteiger partial charge in [0.2, 0.25) is 10.0 Å². The van der Waals surface area contributed by atoms with Crippen LogP contribution in [0.25, 0.3) is 0 Å². The van der Waals surface area contributed by atoms with Crippen LogP contribution in [0.2, 0.25) is 0 Å². The first kappa shape index (κ1) is 11.2. The topological polar surface area (TPSA) is 72.2 Å². The summed E-state index contributed by atoms with van der Waals surface area (Å²) in [4.78, 5) is 0.236. The van der Waals surface area contributed by atoms with Crippen LogP contribution in [0, 0.1) is 6.92 Å². The Hall–Kier alpha value is -0.910. The van der Waals surface area contributed by atoms with Gasteiger partial charge in [-0.15, -0.1) is 0 Å². The molecular formula is C9H14N2O2S. The molecule has 1 unspecified atom stereocenters. The summed E-state index contributed by atoms with van der Waals surface area (Å²) in [6.45, 7) is 3.47. The lowest BCUT2D eigenvalue weighted by Crippen LogP contribution is -2.38. The van der Waals surface area contributed by atoms with Gasteiger partial charge in [0.15, 0.2) is 0 Å². The van der Waals surface area contributed by atoms with Crippen molar-refractivity contribution in [3.8, 4) is 0 Å². The molecule has 1 rings (SSSR count). The quantitative estimate of drug-likeness (QED) is 0.723. The van der Waals surface area contributed by atoms with Gasteiger partial charge in [0.25, 0.3) is 0 Å². The molecule has 1 aromatic carbocycles. The van der Waals surface area contributed by atoms with E-state index in [1.54, 1.807) is 31.2 Å². The number of benzene rings is 1. The van der Waals surface area contributed by atoms with Gasteiger partial charge in [-0.3, -0.25) is 0 Å². The predicted octanol–water partition coefficient (Wildman–Crippen LogP) is 0.578. The standard InChI is InChI=1S/C9H14N2O2S/c1-7-3-5-9(6-4-7)14(12,13)11-8(2)10/h3-6,8,11H,10H2,1-2H3. The average Bonchev–Trinajstić information content (AvgIpc) is 2.02. The van der Waals surface area contributed by atoms with Gasteiger partial charge >= 0.3 is 0 Å². The van der Waals surface area contributed by atoms with Gasteiger partial charge in [0.1, 0.15) is 0 Å². The van der Waals surface area contributed by atoms with Crippen LogP contribution in [0.15, 0.2) is 29.2 Å². The van der Waals surface area contributed by atoms with E-state index in [0.717, 1.165) is 5.56 Å². The lowest BCUT2D eigenvalue weighted by molar-refractivity contribution is 0.565. The van der Waals surface area contributed by atoms with Gasteiger partial charge in [-0.25, -0.2) is 8.42 Å². The van der Waals surface area contributed by atoms with Crippen molar-refractivity contribution >= 4 is 10.0 Å². The predicted molar refractivity (Wildman–Crippen MR) is 55.1 cm³/mol. The van der Waals surface area contributed by atoms with Crippen LogP contribution < -0.4 is 10.5 Å². The number of rotatable bonds is 3. The molecule has 0 saturated heterocycles. The highest BCUT2D eigenvalue weighted by Gasteiger charge is 2.14. The minimum atomic E-state index is -3.45. The fraction of sp³-hybridized carbons (Fsp3) is 0.333. The highest BCUT2D eigenvalue weighted by atomic mass is 32.2. The summed E-state index contributed by atoms with van der Waals surface area (Å²) >= 11 is 0. The van der Waals surface area contributed by atoms with Crippen LogP contribution >= 0.6 is 0 Å². The highest BCUT2D eigenvalue weighted by molar-refractivity contribution is 7.89. The maximum Gasteiger partial charge on any atom is 0.241 e. The van der Waals surface area contributed by atoms with Crippen molar-refractivity contribution in [2.24, 2.45) is 5.73 Å². The molecule has 4 nitrogen and oxygen atoms in total. The molecule has 0 aliphatic carbocycles. The fourth-order valence-corrected chi connectivity index (χ4v) is 2.15. The van der Waals surface area contributed by atoms with E-state index in [2.05, 4.69) is 4.72 Å². The molecule has 0 radical (unpaired) electrons. The van der Waals surface area contributed by atoms with Gasteiger partial charge in [0, 0.05) is 0 Å². The Balaban J connectivity index is 2.99. The summed E-state index contributed by atoms with van der Waals surface area (Å²) in [5, 5.41) is 0. The number of sulfonamides is 1. The Morgan fingerprint density at radius 2 is 1.79 bits per heavy atom. The summed E-state index contributed by atoms with van der Waals surface area (Å²) in [6.07, 6.45) is -0.582. The van der Waals surface area contributed by atoms with Crippen LogP contribution in [0.4, 0.5) is 0 Å². The van der Waals surface area contributed by atoms with Crippen LogP contribution in [0.1, 0.15) is 12.5 Å². The molecule has 0 aliphatic heterocycles. The molecule has 0 amide bonds. The van der Waals surface area contributed by atoms with Gasteiger partial charge in [-0.2, -0.15) is 4.72 Å². The average molecular weight is 214 g/mol. The van der Waals surface area contributed by atoms with Crippen molar-refractivity contribution in [3.05, 3.63) is 29.8 Å². The lowest BCUT2D eigenvalue weighted by Gasteiger charge is -2.09. The van der Waals surface area contributed by atoms with Gasteiger partial charge < -0.3 is 5.73 Å². The van der Waals surface area contributed by atoms with Crippen molar-refractivity contribution in [2.45, 2.75) is 24.9 Å². The van der Waals surface area contributed by atoms with E-state index in [-0.39, 0.29) is 4.90 Å². The first-order valence-electron chi connectivity index (χ1n) is 4.26. The van der Waals surface area contributed by atoms with E-state index in [9.17, 15) is 8.42 Å². The largest absolute Gasteiger partial charge is 0.315 e. The highest BCUT2D eigenvalue weighted by Crippen LogP contribution is 2.09. The zero-order valence-corrected chi connectivity index (χ0v) is 9.01. The van der Waals surface area contributed by atoms with Crippen LogP contribution in [-0.2, 0) is 10.0 Å². The molecule has 1 aromatic rings. The number of nitrogens with one attached hydrogen (secondary N) is 1. The fourth-order valence-electron chi connectivity index (χ4n) is 1.03. The van der Waals surface area contributed by atoms with Crippen molar-refractivity contribution in [1.29, 1.82) is 0 Å². The SMILES string of the molecule is Cc1ccc(S(=O)(=O)NC(C)N)cc1. The summed E-state index contributed by atoms with van der Waals surface area (Å²) in [5.74, 6) is 0. The summed E-state index contributed by atoms with van der Waals surface area (Å²) < 4.78 is 25.4. The molecule has 0 bridgehead atoms. The Labute approximate surface area is 84.2 Å². The van der Waals surface area contributed by atoms with Crippen LogP contribution in [-0.4, -0.2) is 14.6 Å². The molecule has 5 heteroatoms. The normalized spacial score (nSPS) is 13.9. The second-order valence-electron chi connectivity index (χ2n) is 3.22. The molecule has 0 spiro atoms. The van der Waals surface area contributed by atoms with E-state index in [1.165, 1.54) is 0 Å². The second kappa shape index (κ2) is 4.08. The first-order valence-corrected chi connectivity index (χ1v) is 5.75. The Bertz CT molecular complexity index is 395. The molecule has 0 saturated carbocycles. The van der Waals surface area contributed by atoms with Crippen molar-refractivity contribution in [2.75, 3.05) is 0 Å². The van der Waals surface area contributed by atoms with Gasteiger partial charge in [-0.05, 0) is 26.0 Å². The molecule has 78 valence electrons. The minimum Gasteiger partial charge on any atom is -0.315 e. The molecule has 0 fully saturated rings. The lowest BCUT2D eigenvalue weighted by atomic mass is 10.2. The zero-order chi connectivity index (χ0) is 10.8. The molecule has 1 atom stereocenters. The smallest absolute Gasteiger partial charge is 0.241 e. The number of hydrogen-bond donors (Lipinski definition) is 2. The Morgan fingerprint density at radius 3 is 2.21 bits per heavy atom. The number of hydrogen-bond acceptors (Lipinski definition) is 3. The third kappa shape index (κ3) is 2.80. The maximum absolute atomic E-state index is 11.6. The van der Waals surface area contributed by atoms with E-state index in [0.29, 0.717) is 0 Å². The van der Waals surface area contributed by atoms with Crippen molar-refractivity contribution in [3.63, 3.8) is 0 Å². The second-order valence-corrected chi connectivity index (χ2v) is 4.94. The van der Waals surface area contributed by atoms with Gasteiger partial charge in [-0.1, -0.05) is 17.7 Å². The Kier molecular flexibility index (Phi) is 3.25. The van der Waals surface area contributed by atoms with E-state index in [1.807, 2.05) is 6.92 Å². The molecule has 14 heavy (non-hydrogen) atoms. The van der Waals surface area contributed by atoms with E-state index in [4.69, 9.17) is 5.73 Å². The minimum absolute atomic E-state index is 0.236. The third-order valence-electron chi connectivity index (χ3n) is 1.67. The summed E-state index contributed by atoms with van der Waals surface area (Å²) in [6, 6.07) is 6.60. The number of aryl methyl sites for hydroxylation is 1. The van der Waals surface area contributed by atoms with Crippen LogP contribution in [0.3, 0.4) is 0 Å². The first-order chi connectivity index (χ1) is 6.42. The van der Waals surface area contributed by atoms with Gasteiger partial charge in [0.05, 0.1) is 11.1 Å².